The molecule has 0 saturated heterocycles. The molecule has 1 aromatic heterocycles. The maximum atomic E-state index is 13.4. The van der Waals surface area contributed by atoms with E-state index < -0.39 is 0 Å². The number of anilines is 1. The molecule has 0 aliphatic carbocycles. The van der Waals surface area contributed by atoms with Crippen molar-refractivity contribution in [1.29, 1.82) is 0 Å². The Labute approximate surface area is 190 Å². The van der Waals surface area contributed by atoms with Gasteiger partial charge in [0.05, 0.1) is 16.6 Å². The van der Waals surface area contributed by atoms with Crippen molar-refractivity contribution >= 4 is 45.0 Å². The predicted molar refractivity (Wildman–Crippen MR) is 132 cm³/mol. The molecule has 0 saturated carbocycles. The molecule has 0 bridgehead atoms. The van der Waals surface area contributed by atoms with E-state index in [1.807, 2.05) is 19.0 Å². The van der Waals surface area contributed by atoms with Crippen LogP contribution in [0.2, 0.25) is 0 Å². The minimum absolute atomic E-state index is 0. The van der Waals surface area contributed by atoms with Crippen LogP contribution in [-0.4, -0.2) is 43.0 Å². The summed E-state index contributed by atoms with van der Waals surface area (Å²) < 4.78 is 1.14. The van der Waals surface area contributed by atoms with Crippen molar-refractivity contribution in [2.24, 2.45) is 0 Å². The van der Waals surface area contributed by atoms with E-state index in [4.69, 9.17) is 4.98 Å². The topological polar surface area (TPSA) is 36.4 Å². The fourth-order valence-electron chi connectivity index (χ4n) is 3.76. The van der Waals surface area contributed by atoms with E-state index in [1.165, 1.54) is 22.3 Å². The molecule has 2 aromatic carbocycles. The number of aryl methyl sites for hydroxylation is 4. The summed E-state index contributed by atoms with van der Waals surface area (Å²) in [5.74, 6) is 0.110. The van der Waals surface area contributed by atoms with Gasteiger partial charge in [0.1, 0.15) is 0 Å². The van der Waals surface area contributed by atoms with Crippen molar-refractivity contribution in [3.63, 3.8) is 0 Å². The highest BCUT2D eigenvalue weighted by Gasteiger charge is 2.22. The number of benzene rings is 2. The van der Waals surface area contributed by atoms with E-state index in [0.29, 0.717) is 13.0 Å². The van der Waals surface area contributed by atoms with Crippen LogP contribution in [-0.2, 0) is 17.6 Å². The van der Waals surface area contributed by atoms with Gasteiger partial charge < -0.3 is 4.90 Å². The summed E-state index contributed by atoms with van der Waals surface area (Å²) in [7, 11) is 4.06. The van der Waals surface area contributed by atoms with Crippen molar-refractivity contribution in [1.82, 2.24) is 9.88 Å². The lowest BCUT2D eigenvalue weighted by Crippen LogP contribution is -2.37. The van der Waals surface area contributed by atoms with Crippen LogP contribution in [0.25, 0.3) is 10.2 Å². The third kappa shape index (κ3) is 5.39. The van der Waals surface area contributed by atoms with Gasteiger partial charge >= 0.3 is 0 Å². The van der Waals surface area contributed by atoms with Gasteiger partial charge in [-0.15, -0.1) is 12.4 Å². The van der Waals surface area contributed by atoms with Crippen LogP contribution in [0.3, 0.4) is 0 Å². The number of aromatic nitrogens is 1. The van der Waals surface area contributed by atoms with E-state index >= 15 is 0 Å². The number of likely N-dealkylation sites (N-methyl/N-ethyl adjacent to an activating group) is 1. The zero-order valence-electron chi connectivity index (χ0n) is 18.8. The summed E-state index contributed by atoms with van der Waals surface area (Å²) >= 11 is 1.61. The Hall–Kier alpha value is -1.95. The first kappa shape index (κ1) is 24.3. The highest BCUT2D eigenvalue weighted by atomic mass is 35.5. The Morgan fingerprint density at radius 1 is 1.07 bits per heavy atom. The van der Waals surface area contributed by atoms with Gasteiger partial charge in [-0.05, 0) is 69.6 Å². The molecule has 30 heavy (non-hydrogen) atoms. The van der Waals surface area contributed by atoms with E-state index in [-0.39, 0.29) is 18.3 Å². The number of para-hydroxylation sites is 1. The first-order valence-electron chi connectivity index (χ1n) is 10.2. The fourth-order valence-corrected chi connectivity index (χ4v) is 4.81. The van der Waals surface area contributed by atoms with E-state index in [0.717, 1.165) is 33.9 Å². The third-order valence-electron chi connectivity index (χ3n) is 5.34. The van der Waals surface area contributed by atoms with Crippen molar-refractivity contribution in [3.05, 3.63) is 58.1 Å². The molecule has 162 valence electrons. The SMILES string of the molecule is CCc1cccc2sc(N(CCN(C)C)C(=O)Cc3c(C)cc(C)cc3C)nc12.Cl. The van der Waals surface area contributed by atoms with Gasteiger partial charge in [-0.2, -0.15) is 0 Å². The van der Waals surface area contributed by atoms with Crippen molar-refractivity contribution in [2.45, 2.75) is 40.5 Å². The average Bonchev–Trinajstić information content (AvgIpc) is 3.08. The van der Waals surface area contributed by atoms with Crippen molar-refractivity contribution in [2.75, 3.05) is 32.1 Å². The van der Waals surface area contributed by atoms with Crippen molar-refractivity contribution in [3.8, 4) is 0 Å². The fraction of sp³-hybridized carbons (Fsp3) is 0.417. The molecule has 0 fully saturated rings. The Morgan fingerprint density at radius 3 is 2.33 bits per heavy atom. The number of halogens is 1. The van der Waals surface area contributed by atoms with E-state index in [9.17, 15) is 4.79 Å². The lowest BCUT2D eigenvalue weighted by Gasteiger charge is -2.23. The number of amides is 1. The molecule has 4 nitrogen and oxygen atoms in total. The number of rotatable bonds is 7. The van der Waals surface area contributed by atoms with Crippen LogP contribution in [0, 0.1) is 20.8 Å². The van der Waals surface area contributed by atoms with Gasteiger partial charge in [-0.25, -0.2) is 4.98 Å². The number of hydrogen-bond donors (Lipinski definition) is 0. The molecule has 0 spiro atoms. The molecule has 6 heteroatoms. The minimum atomic E-state index is 0. The molecule has 0 radical (unpaired) electrons. The predicted octanol–water partition coefficient (Wildman–Crippen LogP) is 5.34. The Morgan fingerprint density at radius 2 is 1.73 bits per heavy atom. The number of carbonyl (C=O) groups is 1. The average molecular weight is 446 g/mol. The summed E-state index contributed by atoms with van der Waals surface area (Å²) in [5.41, 5.74) is 6.99. The van der Waals surface area contributed by atoms with Crippen LogP contribution in [0.1, 0.15) is 34.7 Å². The van der Waals surface area contributed by atoms with E-state index in [1.54, 1.807) is 11.3 Å². The molecule has 1 amide bonds. The standard InChI is InChI=1S/C24H31N3OS.ClH/c1-7-19-9-8-10-21-23(19)25-24(29-21)27(12-11-26(5)6)22(28)15-20-17(3)13-16(2)14-18(20)4;/h8-10,13-14H,7,11-12,15H2,1-6H3;1H. The minimum Gasteiger partial charge on any atom is -0.308 e. The molecule has 0 aliphatic rings. The Balaban J connectivity index is 0.00000320. The first-order chi connectivity index (χ1) is 13.8. The third-order valence-corrected chi connectivity index (χ3v) is 6.39. The van der Waals surface area contributed by atoms with Crippen molar-refractivity contribution < 1.29 is 4.79 Å². The molecule has 0 N–H and O–H groups in total. The number of fused-ring (bicyclic) bond motifs is 1. The zero-order valence-corrected chi connectivity index (χ0v) is 20.4. The highest BCUT2D eigenvalue weighted by Crippen LogP contribution is 2.31. The molecule has 0 atom stereocenters. The second kappa shape index (κ2) is 10.4. The van der Waals surface area contributed by atoms with Gasteiger partial charge in [-0.3, -0.25) is 9.69 Å². The van der Waals surface area contributed by atoms with Crippen LogP contribution >= 0.6 is 23.7 Å². The van der Waals surface area contributed by atoms with Crippen LogP contribution < -0.4 is 4.90 Å². The first-order valence-corrected chi connectivity index (χ1v) is 11.0. The van der Waals surface area contributed by atoms with Gasteiger partial charge in [0, 0.05) is 13.1 Å². The summed E-state index contributed by atoms with van der Waals surface area (Å²) in [6.45, 7) is 9.87. The second-order valence-electron chi connectivity index (χ2n) is 8.02. The number of hydrogen-bond acceptors (Lipinski definition) is 4. The second-order valence-corrected chi connectivity index (χ2v) is 9.03. The molecule has 3 rings (SSSR count). The molecule has 0 aliphatic heterocycles. The maximum Gasteiger partial charge on any atom is 0.233 e. The zero-order chi connectivity index (χ0) is 21.1. The van der Waals surface area contributed by atoms with Gasteiger partial charge in [0.15, 0.2) is 5.13 Å². The molecule has 1 heterocycles. The van der Waals surface area contributed by atoms with Crippen LogP contribution in [0.5, 0.6) is 0 Å². The monoisotopic (exact) mass is 445 g/mol. The van der Waals surface area contributed by atoms with Crippen LogP contribution in [0.4, 0.5) is 5.13 Å². The quantitative estimate of drug-likeness (QED) is 0.492. The van der Waals surface area contributed by atoms with E-state index in [2.05, 4.69) is 62.9 Å². The highest BCUT2D eigenvalue weighted by molar-refractivity contribution is 7.22. The Kier molecular flexibility index (Phi) is 8.42. The lowest BCUT2D eigenvalue weighted by atomic mass is 9.97. The normalized spacial score (nSPS) is 11.0. The van der Waals surface area contributed by atoms with Gasteiger partial charge in [0.25, 0.3) is 0 Å². The lowest BCUT2D eigenvalue weighted by molar-refractivity contribution is -0.118. The summed E-state index contributed by atoms with van der Waals surface area (Å²) in [6.07, 6.45) is 1.34. The number of thiazole rings is 1. The van der Waals surface area contributed by atoms with Gasteiger partial charge in [0.2, 0.25) is 5.91 Å². The molecule has 0 unspecified atom stereocenters. The summed E-state index contributed by atoms with van der Waals surface area (Å²) in [5, 5.41) is 0.801. The summed E-state index contributed by atoms with van der Waals surface area (Å²) in [6, 6.07) is 10.6. The molecular formula is C24H32ClN3OS. The Bertz CT molecular complexity index is 1010. The van der Waals surface area contributed by atoms with Gasteiger partial charge in [-0.1, -0.05) is 48.1 Å². The molecular weight excluding hydrogens is 414 g/mol. The number of carbonyl (C=O) groups excluding carboxylic acids is 1. The number of nitrogens with zero attached hydrogens (tertiary/aromatic N) is 3. The molecule has 3 aromatic rings. The van der Waals surface area contributed by atoms with Crippen LogP contribution in [0.15, 0.2) is 30.3 Å². The maximum absolute atomic E-state index is 13.4. The smallest absolute Gasteiger partial charge is 0.233 e. The summed E-state index contributed by atoms with van der Waals surface area (Å²) in [4.78, 5) is 22.3. The largest absolute Gasteiger partial charge is 0.308 e.